The Bertz CT molecular complexity index is 834. The number of benzene rings is 2. The van der Waals surface area contributed by atoms with E-state index < -0.39 is 12.5 Å². The number of carboxylic acids is 1. The van der Waals surface area contributed by atoms with Gasteiger partial charge in [-0.2, -0.15) is 0 Å². The molecule has 7 heteroatoms. The van der Waals surface area contributed by atoms with E-state index >= 15 is 0 Å². The monoisotopic (exact) mass is 386 g/mol. The van der Waals surface area contributed by atoms with Crippen molar-refractivity contribution in [2.75, 3.05) is 17.6 Å². The van der Waals surface area contributed by atoms with Crippen LogP contribution in [0.25, 0.3) is 0 Å². The molecule has 0 aliphatic heterocycles. The van der Waals surface area contributed by atoms with Crippen LogP contribution in [-0.4, -0.2) is 35.2 Å². The van der Waals surface area contributed by atoms with Crippen molar-refractivity contribution < 1.29 is 19.5 Å². The summed E-state index contributed by atoms with van der Waals surface area (Å²) >= 11 is 1.49. The number of aryl methyl sites for hydroxylation is 2. The number of carboxylic acid groups (broad SMARTS) is 1. The maximum absolute atomic E-state index is 12.1. The summed E-state index contributed by atoms with van der Waals surface area (Å²) in [5, 5.41) is 13.7. The number of carbonyl (C=O) groups excluding carboxylic acids is 2. The van der Waals surface area contributed by atoms with E-state index in [2.05, 4.69) is 16.7 Å². The van der Waals surface area contributed by atoms with Gasteiger partial charge in [0, 0.05) is 10.6 Å². The number of amides is 2. The van der Waals surface area contributed by atoms with E-state index in [1.165, 1.54) is 17.3 Å². The number of carbonyl (C=O) groups is 3. The SMILES string of the molecule is Cc1ccc(SCC(=O)Nc2ccc(CC(=O)NCC(=O)O)cc2)c(C)c1. The van der Waals surface area contributed by atoms with Gasteiger partial charge in [-0.25, -0.2) is 0 Å². The van der Waals surface area contributed by atoms with Gasteiger partial charge in [0.15, 0.2) is 0 Å². The second-order valence-electron chi connectivity index (χ2n) is 6.15. The smallest absolute Gasteiger partial charge is 0.322 e. The number of aliphatic carboxylic acids is 1. The molecule has 0 saturated heterocycles. The Hall–Kier alpha value is -2.80. The third-order valence-electron chi connectivity index (χ3n) is 3.73. The zero-order valence-electron chi connectivity index (χ0n) is 15.2. The molecule has 0 bridgehead atoms. The van der Waals surface area contributed by atoms with Gasteiger partial charge in [-0.3, -0.25) is 14.4 Å². The average Bonchev–Trinajstić information content (AvgIpc) is 2.61. The predicted molar refractivity (Wildman–Crippen MR) is 106 cm³/mol. The lowest BCUT2D eigenvalue weighted by Gasteiger charge is -2.08. The molecule has 0 aliphatic rings. The molecule has 6 nitrogen and oxygen atoms in total. The van der Waals surface area contributed by atoms with E-state index in [1.807, 2.05) is 26.0 Å². The number of rotatable bonds is 8. The van der Waals surface area contributed by atoms with Crippen LogP contribution >= 0.6 is 11.8 Å². The van der Waals surface area contributed by atoms with Crippen LogP contribution in [0.5, 0.6) is 0 Å². The first kappa shape index (κ1) is 20.5. The van der Waals surface area contributed by atoms with Crippen LogP contribution in [0.4, 0.5) is 5.69 Å². The summed E-state index contributed by atoms with van der Waals surface area (Å²) in [6.45, 7) is 3.66. The summed E-state index contributed by atoms with van der Waals surface area (Å²) in [6.07, 6.45) is 0.0874. The molecule has 0 radical (unpaired) electrons. The summed E-state index contributed by atoms with van der Waals surface area (Å²) < 4.78 is 0. The summed E-state index contributed by atoms with van der Waals surface area (Å²) in [6, 6.07) is 13.0. The zero-order chi connectivity index (χ0) is 19.8. The maximum Gasteiger partial charge on any atom is 0.322 e. The molecule has 0 saturated carbocycles. The first-order valence-corrected chi connectivity index (χ1v) is 9.39. The highest BCUT2D eigenvalue weighted by atomic mass is 32.2. The van der Waals surface area contributed by atoms with Crippen molar-refractivity contribution in [1.82, 2.24) is 5.32 Å². The molecule has 2 aromatic carbocycles. The molecule has 3 N–H and O–H groups in total. The number of hydrogen-bond donors (Lipinski definition) is 3. The highest BCUT2D eigenvalue weighted by Crippen LogP contribution is 2.23. The molecular formula is C20H22N2O4S. The summed E-state index contributed by atoms with van der Waals surface area (Å²) in [5.41, 5.74) is 3.73. The average molecular weight is 386 g/mol. The van der Waals surface area contributed by atoms with Crippen molar-refractivity contribution in [3.63, 3.8) is 0 Å². The van der Waals surface area contributed by atoms with E-state index in [1.54, 1.807) is 24.3 Å². The molecule has 0 atom stereocenters. The van der Waals surface area contributed by atoms with E-state index in [0.29, 0.717) is 11.4 Å². The molecule has 27 heavy (non-hydrogen) atoms. The van der Waals surface area contributed by atoms with Crippen molar-refractivity contribution >= 4 is 35.2 Å². The molecule has 2 amide bonds. The van der Waals surface area contributed by atoms with Crippen molar-refractivity contribution in [3.8, 4) is 0 Å². The Kier molecular flexibility index (Phi) is 7.43. The quantitative estimate of drug-likeness (QED) is 0.607. The lowest BCUT2D eigenvalue weighted by molar-refractivity contribution is -0.137. The van der Waals surface area contributed by atoms with Crippen LogP contribution in [0.2, 0.25) is 0 Å². The van der Waals surface area contributed by atoms with Crippen molar-refractivity contribution in [2.45, 2.75) is 25.2 Å². The van der Waals surface area contributed by atoms with Gasteiger partial charge in [0.05, 0.1) is 12.2 Å². The third-order valence-corrected chi connectivity index (χ3v) is 4.90. The minimum absolute atomic E-state index is 0.0874. The van der Waals surface area contributed by atoms with Gasteiger partial charge in [-0.1, -0.05) is 29.8 Å². The zero-order valence-corrected chi connectivity index (χ0v) is 16.1. The first-order valence-electron chi connectivity index (χ1n) is 8.41. The fourth-order valence-corrected chi connectivity index (χ4v) is 3.24. The standard InChI is InChI=1S/C20H22N2O4S/c1-13-3-8-17(14(2)9-13)27-12-19(24)22-16-6-4-15(5-7-16)10-18(23)21-11-20(25)26/h3-9H,10-12H2,1-2H3,(H,21,23)(H,22,24)(H,25,26). The fraction of sp³-hybridized carbons (Fsp3) is 0.250. The van der Waals surface area contributed by atoms with Gasteiger partial charge in [-0.05, 0) is 43.2 Å². The largest absolute Gasteiger partial charge is 0.480 e. The maximum atomic E-state index is 12.1. The van der Waals surface area contributed by atoms with Gasteiger partial charge in [0.1, 0.15) is 6.54 Å². The van der Waals surface area contributed by atoms with Gasteiger partial charge in [0.2, 0.25) is 11.8 Å². The van der Waals surface area contributed by atoms with Crippen LogP contribution in [0.15, 0.2) is 47.4 Å². The van der Waals surface area contributed by atoms with Crippen LogP contribution < -0.4 is 10.6 Å². The van der Waals surface area contributed by atoms with Crippen LogP contribution in [0.3, 0.4) is 0 Å². The van der Waals surface area contributed by atoms with Gasteiger partial charge in [-0.15, -0.1) is 11.8 Å². The molecule has 0 fully saturated rings. The first-order chi connectivity index (χ1) is 12.8. The molecule has 142 valence electrons. The van der Waals surface area contributed by atoms with E-state index in [0.717, 1.165) is 16.0 Å². The summed E-state index contributed by atoms with van der Waals surface area (Å²) in [5.74, 6) is -1.24. The lowest BCUT2D eigenvalue weighted by Crippen LogP contribution is -2.30. The minimum Gasteiger partial charge on any atom is -0.480 e. The second-order valence-corrected chi connectivity index (χ2v) is 7.17. The summed E-state index contributed by atoms with van der Waals surface area (Å²) in [7, 11) is 0. The lowest BCUT2D eigenvalue weighted by atomic mass is 10.1. The Morgan fingerprint density at radius 1 is 1.00 bits per heavy atom. The molecule has 0 aliphatic carbocycles. The van der Waals surface area contributed by atoms with Crippen LogP contribution in [0, 0.1) is 13.8 Å². The third kappa shape index (κ3) is 7.15. The molecule has 0 aromatic heterocycles. The van der Waals surface area contributed by atoms with Gasteiger partial charge >= 0.3 is 5.97 Å². The van der Waals surface area contributed by atoms with E-state index in [4.69, 9.17) is 5.11 Å². The van der Waals surface area contributed by atoms with E-state index in [9.17, 15) is 14.4 Å². The minimum atomic E-state index is -1.08. The second kappa shape index (κ2) is 9.78. The number of nitrogens with one attached hydrogen (secondary N) is 2. The fourth-order valence-electron chi connectivity index (χ4n) is 2.43. The van der Waals surface area contributed by atoms with Crippen molar-refractivity contribution in [3.05, 3.63) is 59.2 Å². The summed E-state index contributed by atoms with van der Waals surface area (Å²) in [4.78, 5) is 35.2. The molecule has 0 unspecified atom stereocenters. The Balaban J connectivity index is 1.82. The Morgan fingerprint density at radius 2 is 1.70 bits per heavy atom. The van der Waals surface area contributed by atoms with Crippen LogP contribution in [-0.2, 0) is 20.8 Å². The molecular weight excluding hydrogens is 364 g/mol. The molecule has 0 heterocycles. The molecule has 0 spiro atoms. The topological polar surface area (TPSA) is 95.5 Å². The highest BCUT2D eigenvalue weighted by Gasteiger charge is 2.08. The van der Waals surface area contributed by atoms with Crippen LogP contribution in [0.1, 0.15) is 16.7 Å². The number of hydrogen-bond acceptors (Lipinski definition) is 4. The Morgan fingerprint density at radius 3 is 2.33 bits per heavy atom. The number of thioether (sulfide) groups is 1. The van der Waals surface area contributed by atoms with Gasteiger partial charge in [0.25, 0.3) is 0 Å². The Labute approximate surface area is 162 Å². The normalized spacial score (nSPS) is 10.3. The van der Waals surface area contributed by atoms with Gasteiger partial charge < -0.3 is 15.7 Å². The van der Waals surface area contributed by atoms with E-state index in [-0.39, 0.29) is 18.2 Å². The van der Waals surface area contributed by atoms with Crippen molar-refractivity contribution in [2.24, 2.45) is 0 Å². The molecule has 2 rings (SSSR count). The highest BCUT2D eigenvalue weighted by molar-refractivity contribution is 8.00. The number of anilines is 1. The van der Waals surface area contributed by atoms with Crippen molar-refractivity contribution in [1.29, 1.82) is 0 Å². The molecule has 2 aromatic rings. The predicted octanol–water partition coefficient (Wildman–Crippen LogP) is 2.78.